The maximum atomic E-state index is 13.1. The van der Waals surface area contributed by atoms with Crippen molar-refractivity contribution in [1.82, 2.24) is 5.32 Å². The van der Waals surface area contributed by atoms with E-state index in [-0.39, 0.29) is 23.9 Å². The van der Waals surface area contributed by atoms with Crippen molar-refractivity contribution in [2.45, 2.75) is 16.6 Å². The number of carbonyl (C=O) groups is 4. The predicted octanol–water partition coefficient (Wildman–Crippen LogP) is 5.88. The highest BCUT2D eigenvalue weighted by Crippen LogP contribution is 2.34. The first kappa shape index (κ1) is 27.2. The van der Waals surface area contributed by atoms with Crippen LogP contribution in [0, 0.1) is 0 Å². The maximum absolute atomic E-state index is 13.1. The second kappa shape index (κ2) is 12.2. The minimum atomic E-state index is -0.549. The standard InChI is InChI=1S/C30H22BrN3O5S/c31-20-8-12-22(13-9-20)34-27(35)18-26(30(34)38)40-24-14-10-21(11-15-24)32-29(37)25(17-23-7-4-16-39-23)33-28(36)19-5-2-1-3-6-19/h1-17,26H,18H2,(H,32,37)(H,33,36)/b25-17-. The maximum Gasteiger partial charge on any atom is 0.272 e. The number of hydrogen-bond donors (Lipinski definition) is 2. The normalized spacial score (nSPS) is 15.3. The number of rotatable bonds is 8. The molecular weight excluding hydrogens is 594 g/mol. The predicted molar refractivity (Wildman–Crippen MR) is 157 cm³/mol. The number of amides is 4. The highest BCUT2D eigenvalue weighted by Gasteiger charge is 2.40. The van der Waals surface area contributed by atoms with E-state index in [4.69, 9.17) is 4.42 Å². The van der Waals surface area contributed by atoms with E-state index >= 15 is 0 Å². The monoisotopic (exact) mass is 615 g/mol. The Hall–Kier alpha value is -4.41. The number of anilines is 2. The minimum absolute atomic E-state index is 0.00496. The molecule has 2 heterocycles. The molecule has 1 aliphatic heterocycles. The molecule has 0 spiro atoms. The van der Waals surface area contributed by atoms with Crippen molar-refractivity contribution >= 4 is 68.8 Å². The summed E-state index contributed by atoms with van der Waals surface area (Å²) in [6.07, 6.45) is 3.01. The average molecular weight is 616 g/mol. The Morgan fingerprint density at radius 3 is 2.33 bits per heavy atom. The van der Waals surface area contributed by atoms with Gasteiger partial charge in [-0.3, -0.25) is 19.2 Å². The van der Waals surface area contributed by atoms with Crippen molar-refractivity contribution in [1.29, 1.82) is 0 Å². The van der Waals surface area contributed by atoms with E-state index in [2.05, 4.69) is 26.6 Å². The summed E-state index contributed by atoms with van der Waals surface area (Å²) in [5.41, 5.74) is 1.43. The molecule has 1 unspecified atom stereocenters. The zero-order chi connectivity index (χ0) is 28.1. The summed E-state index contributed by atoms with van der Waals surface area (Å²) in [6, 6.07) is 25.8. The topological polar surface area (TPSA) is 109 Å². The van der Waals surface area contributed by atoms with Crippen LogP contribution in [0.2, 0.25) is 0 Å². The third-order valence-corrected chi connectivity index (χ3v) is 7.66. The number of nitrogens with one attached hydrogen (secondary N) is 2. The number of carbonyl (C=O) groups excluding carboxylic acids is 4. The molecule has 5 rings (SSSR count). The van der Waals surface area contributed by atoms with Crippen molar-refractivity contribution in [3.8, 4) is 0 Å². The van der Waals surface area contributed by atoms with Crippen LogP contribution < -0.4 is 15.5 Å². The minimum Gasteiger partial charge on any atom is -0.465 e. The number of furan rings is 1. The Kier molecular flexibility index (Phi) is 8.28. The van der Waals surface area contributed by atoms with E-state index in [0.29, 0.717) is 22.7 Å². The van der Waals surface area contributed by atoms with Crippen molar-refractivity contribution in [2.24, 2.45) is 0 Å². The van der Waals surface area contributed by atoms with Crippen LogP contribution >= 0.6 is 27.7 Å². The fourth-order valence-corrected chi connectivity index (χ4v) is 5.31. The number of halogens is 1. The van der Waals surface area contributed by atoms with E-state index in [0.717, 1.165) is 9.37 Å². The van der Waals surface area contributed by atoms with Crippen molar-refractivity contribution in [3.05, 3.63) is 119 Å². The molecule has 4 aromatic rings. The van der Waals surface area contributed by atoms with Gasteiger partial charge in [-0.2, -0.15) is 0 Å². The lowest BCUT2D eigenvalue weighted by molar-refractivity contribution is -0.121. The smallest absolute Gasteiger partial charge is 0.272 e. The van der Waals surface area contributed by atoms with Gasteiger partial charge in [0.25, 0.3) is 11.8 Å². The van der Waals surface area contributed by atoms with Crippen LogP contribution in [-0.2, 0) is 14.4 Å². The Labute approximate surface area is 242 Å². The van der Waals surface area contributed by atoms with Gasteiger partial charge >= 0.3 is 0 Å². The van der Waals surface area contributed by atoms with Crippen LogP contribution in [0.1, 0.15) is 22.5 Å². The summed E-state index contributed by atoms with van der Waals surface area (Å²) in [5, 5.41) is 4.88. The molecule has 40 heavy (non-hydrogen) atoms. The van der Waals surface area contributed by atoms with Crippen LogP contribution in [0.4, 0.5) is 11.4 Å². The number of nitrogens with zero attached hydrogens (tertiary/aromatic N) is 1. The van der Waals surface area contributed by atoms with Gasteiger partial charge in [-0.25, -0.2) is 4.90 Å². The Bertz CT molecular complexity index is 1570. The number of imide groups is 1. The second-order valence-corrected chi connectivity index (χ2v) is 10.9. The molecule has 3 aromatic carbocycles. The van der Waals surface area contributed by atoms with Gasteiger partial charge in [0.2, 0.25) is 11.8 Å². The number of hydrogen-bond acceptors (Lipinski definition) is 6. The fraction of sp³-hybridized carbons (Fsp3) is 0.0667. The molecule has 1 atom stereocenters. The first-order valence-corrected chi connectivity index (χ1v) is 13.9. The lowest BCUT2D eigenvalue weighted by atomic mass is 10.2. The first-order chi connectivity index (χ1) is 19.4. The highest BCUT2D eigenvalue weighted by atomic mass is 79.9. The number of benzene rings is 3. The molecule has 1 saturated heterocycles. The molecule has 1 aliphatic rings. The van der Waals surface area contributed by atoms with Gasteiger partial charge in [0.05, 0.1) is 17.2 Å². The van der Waals surface area contributed by atoms with Gasteiger partial charge < -0.3 is 15.1 Å². The summed E-state index contributed by atoms with van der Waals surface area (Å²) in [5.74, 6) is -1.09. The molecule has 10 heteroatoms. The molecule has 200 valence electrons. The lowest BCUT2D eigenvalue weighted by Gasteiger charge is -2.15. The van der Waals surface area contributed by atoms with Crippen LogP contribution in [0.15, 0.2) is 117 Å². The Morgan fingerprint density at radius 1 is 0.925 bits per heavy atom. The summed E-state index contributed by atoms with van der Waals surface area (Å²) < 4.78 is 6.18. The summed E-state index contributed by atoms with van der Waals surface area (Å²) in [7, 11) is 0. The largest absolute Gasteiger partial charge is 0.465 e. The van der Waals surface area contributed by atoms with Gasteiger partial charge in [0.1, 0.15) is 11.5 Å². The van der Waals surface area contributed by atoms with Crippen molar-refractivity contribution in [2.75, 3.05) is 10.2 Å². The Balaban J connectivity index is 1.25. The lowest BCUT2D eigenvalue weighted by Crippen LogP contribution is -2.31. The number of thioether (sulfide) groups is 1. The summed E-state index contributed by atoms with van der Waals surface area (Å²) in [6.45, 7) is 0. The van der Waals surface area contributed by atoms with E-state index < -0.39 is 17.1 Å². The van der Waals surface area contributed by atoms with Crippen molar-refractivity contribution < 1.29 is 23.6 Å². The molecule has 0 radical (unpaired) electrons. The van der Waals surface area contributed by atoms with Gasteiger partial charge in [0.15, 0.2) is 0 Å². The highest BCUT2D eigenvalue weighted by molar-refractivity contribution is 9.10. The van der Waals surface area contributed by atoms with E-state index in [1.165, 1.54) is 29.0 Å². The third kappa shape index (κ3) is 6.41. The molecule has 0 aliphatic carbocycles. The molecule has 8 nitrogen and oxygen atoms in total. The average Bonchev–Trinajstić information content (AvgIpc) is 3.57. The SMILES string of the molecule is O=C(Nc1ccc(SC2CC(=O)N(c3ccc(Br)cc3)C2=O)cc1)/C(=C/c1ccco1)NC(=O)c1ccccc1. The van der Waals surface area contributed by atoms with Crippen LogP contribution in [0.3, 0.4) is 0 Å². The first-order valence-electron chi connectivity index (χ1n) is 12.2. The molecule has 0 bridgehead atoms. The summed E-state index contributed by atoms with van der Waals surface area (Å²) >= 11 is 4.65. The van der Waals surface area contributed by atoms with Crippen molar-refractivity contribution in [3.63, 3.8) is 0 Å². The van der Waals surface area contributed by atoms with Gasteiger partial charge in [-0.1, -0.05) is 34.1 Å². The molecule has 2 N–H and O–H groups in total. The molecule has 1 aromatic heterocycles. The quantitative estimate of drug-likeness (QED) is 0.189. The summed E-state index contributed by atoms with van der Waals surface area (Å²) in [4.78, 5) is 53.4. The van der Waals surface area contributed by atoms with E-state index in [1.807, 2.05) is 0 Å². The third-order valence-electron chi connectivity index (χ3n) is 5.94. The van der Waals surface area contributed by atoms with Crippen LogP contribution in [-0.4, -0.2) is 28.9 Å². The second-order valence-electron chi connectivity index (χ2n) is 8.73. The fourth-order valence-electron chi connectivity index (χ4n) is 4.00. The molecule has 4 amide bonds. The van der Waals surface area contributed by atoms with Gasteiger partial charge in [-0.15, -0.1) is 11.8 Å². The van der Waals surface area contributed by atoms with Crippen LogP contribution in [0.25, 0.3) is 6.08 Å². The molecule has 1 fully saturated rings. The van der Waals surface area contributed by atoms with Gasteiger partial charge in [-0.05, 0) is 72.8 Å². The van der Waals surface area contributed by atoms with Gasteiger partial charge in [0, 0.05) is 33.1 Å². The zero-order valence-corrected chi connectivity index (χ0v) is 23.3. The van der Waals surface area contributed by atoms with Crippen LogP contribution in [0.5, 0.6) is 0 Å². The van der Waals surface area contributed by atoms with E-state index in [9.17, 15) is 19.2 Å². The Morgan fingerprint density at radius 2 is 1.65 bits per heavy atom. The molecular formula is C30H22BrN3O5S. The zero-order valence-electron chi connectivity index (χ0n) is 20.9. The van der Waals surface area contributed by atoms with E-state index in [1.54, 1.807) is 91.0 Å². The molecule has 0 saturated carbocycles.